The molecule has 1 fully saturated rings. The van der Waals surface area contributed by atoms with Crippen molar-refractivity contribution < 1.29 is 4.79 Å². The zero-order valence-corrected chi connectivity index (χ0v) is 10.5. The van der Waals surface area contributed by atoms with E-state index in [0.717, 1.165) is 32.5 Å². The Morgan fingerprint density at radius 2 is 2.06 bits per heavy atom. The second kappa shape index (κ2) is 6.03. The van der Waals surface area contributed by atoms with E-state index < -0.39 is 0 Å². The van der Waals surface area contributed by atoms with Crippen molar-refractivity contribution in [3.63, 3.8) is 0 Å². The van der Waals surface area contributed by atoms with Crippen molar-refractivity contribution in [1.82, 2.24) is 10.6 Å². The Hall–Kier alpha value is -1.06. The highest BCUT2D eigenvalue weighted by molar-refractivity contribution is 6.33. The maximum atomic E-state index is 11.9. The van der Waals surface area contributed by atoms with Crippen LogP contribution in [-0.4, -0.2) is 25.5 Å². The molecule has 0 atom stereocenters. The summed E-state index contributed by atoms with van der Waals surface area (Å²) in [7, 11) is 0. The van der Waals surface area contributed by atoms with Crippen LogP contribution in [0.4, 0.5) is 0 Å². The van der Waals surface area contributed by atoms with Crippen LogP contribution in [0, 0.1) is 5.92 Å². The van der Waals surface area contributed by atoms with Crippen molar-refractivity contribution in [2.75, 3.05) is 19.6 Å². The Morgan fingerprint density at radius 3 is 2.76 bits per heavy atom. The van der Waals surface area contributed by atoms with Gasteiger partial charge in [0.2, 0.25) is 0 Å². The van der Waals surface area contributed by atoms with Crippen LogP contribution in [-0.2, 0) is 0 Å². The minimum absolute atomic E-state index is 0.0749. The molecule has 17 heavy (non-hydrogen) atoms. The van der Waals surface area contributed by atoms with E-state index in [2.05, 4.69) is 10.6 Å². The lowest BCUT2D eigenvalue weighted by atomic mass is 9.98. The molecular formula is C13H17ClN2O. The molecule has 1 aliphatic heterocycles. The van der Waals surface area contributed by atoms with Gasteiger partial charge in [-0.15, -0.1) is 0 Å². The maximum Gasteiger partial charge on any atom is 0.252 e. The summed E-state index contributed by atoms with van der Waals surface area (Å²) < 4.78 is 0. The molecule has 1 aromatic rings. The van der Waals surface area contributed by atoms with E-state index in [4.69, 9.17) is 11.6 Å². The summed E-state index contributed by atoms with van der Waals surface area (Å²) in [5.41, 5.74) is 0.558. The lowest BCUT2D eigenvalue weighted by Gasteiger charge is -2.22. The van der Waals surface area contributed by atoms with E-state index in [9.17, 15) is 4.79 Å². The highest BCUT2D eigenvalue weighted by Crippen LogP contribution is 2.15. The van der Waals surface area contributed by atoms with E-state index in [1.807, 2.05) is 12.1 Å². The third-order valence-corrected chi connectivity index (χ3v) is 3.46. The Balaban J connectivity index is 1.87. The number of carbonyl (C=O) groups is 1. The maximum absolute atomic E-state index is 11.9. The number of carbonyl (C=O) groups excluding carboxylic acids is 1. The minimum Gasteiger partial charge on any atom is -0.352 e. The predicted octanol–water partition coefficient (Wildman–Crippen LogP) is 2.07. The first kappa shape index (κ1) is 12.4. The van der Waals surface area contributed by atoms with Crippen molar-refractivity contribution in [2.45, 2.75) is 12.8 Å². The van der Waals surface area contributed by atoms with E-state index in [-0.39, 0.29) is 5.91 Å². The first-order valence-electron chi connectivity index (χ1n) is 6.01. The summed E-state index contributed by atoms with van der Waals surface area (Å²) in [6.07, 6.45) is 2.26. The van der Waals surface area contributed by atoms with Crippen LogP contribution in [0.25, 0.3) is 0 Å². The van der Waals surface area contributed by atoms with Crippen LogP contribution >= 0.6 is 11.6 Å². The molecule has 3 nitrogen and oxygen atoms in total. The second-order valence-corrected chi connectivity index (χ2v) is 4.79. The SMILES string of the molecule is O=C(NCC1CCNCC1)c1ccccc1Cl. The van der Waals surface area contributed by atoms with Gasteiger partial charge in [0.05, 0.1) is 10.6 Å². The van der Waals surface area contributed by atoms with Crippen LogP contribution < -0.4 is 10.6 Å². The van der Waals surface area contributed by atoms with Gasteiger partial charge in [-0.3, -0.25) is 4.79 Å². The molecule has 2 N–H and O–H groups in total. The molecule has 1 amide bonds. The average Bonchev–Trinajstić information content (AvgIpc) is 2.38. The first-order valence-corrected chi connectivity index (χ1v) is 6.38. The zero-order chi connectivity index (χ0) is 12.1. The minimum atomic E-state index is -0.0749. The third kappa shape index (κ3) is 3.45. The highest BCUT2D eigenvalue weighted by atomic mass is 35.5. The summed E-state index contributed by atoms with van der Waals surface area (Å²) in [6, 6.07) is 7.14. The fraction of sp³-hybridized carbons (Fsp3) is 0.462. The third-order valence-electron chi connectivity index (χ3n) is 3.13. The van der Waals surface area contributed by atoms with Gasteiger partial charge in [0, 0.05) is 6.54 Å². The topological polar surface area (TPSA) is 41.1 Å². The predicted molar refractivity (Wildman–Crippen MR) is 69.4 cm³/mol. The molecule has 92 valence electrons. The lowest BCUT2D eigenvalue weighted by molar-refractivity contribution is 0.0944. The van der Waals surface area contributed by atoms with Gasteiger partial charge in [0.15, 0.2) is 0 Å². The van der Waals surface area contributed by atoms with Crippen molar-refractivity contribution >= 4 is 17.5 Å². The molecule has 1 heterocycles. The monoisotopic (exact) mass is 252 g/mol. The normalized spacial score (nSPS) is 16.8. The summed E-state index contributed by atoms with van der Waals surface area (Å²) in [4.78, 5) is 11.9. The molecule has 0 radical (unpaired) electrons. The standard InChI is InChI=1S/C13H17ClN2O/c14-12-4-2-1-3-11(12)13(17)16-9-10-5-7-15-8-6-10/h1-4,10,15H,5-9H2,(H,16,17). The molecule has 2 rings (SSSR count). The number of amides is 1. The highest BCUT2D eigenvalue weighted by Gasteiger charge is 2.15. The second-order valence-electron chi connectivity index (χ2n) is 4.38. The van der Waals surface area contributed by atoms with Gasteiger partial charge in [-0.25, -0.2) is 0 Å². The summed E-state index contributed by atoms with van der Waals surface area (Å²) in [5.74, 6) is 0.511. The number of hydrogen-bond acceptors (Lipinski definition) is 2. The number of hydrogen-bond donors (Lipinski definition) is 2. The van der Waals surface area contributed by atoms with Gasteiger partial charge in [-0.1, -0.05) is 23.7 Å². The summed E-state index contributed by atoms with van der Waals surface area (Å²) in [5, 5.41) is 6.78. The number of nitrogens with one attached hydrogen (secondary N) is 2. The molecule has 0 unspecified atom stereocenters. The summed E-state index contributed by atoms with van der Waals surface area (Å²) in [6.45, 7) is 2.84. The van der Waals surface area contributed by atoms with E-state index in [1.165, 1.54) is 0 Å². The molecule has 0 saturated carbocycles. The molecular weight excluding hydrogens is 236 g/mol. The van der Waals surface area contributed by atoms with Crippen molar-refractivity contribution in [1.29, 1.82) is 0 Å². The van der Waals surface area contributed by atoms with Gasteiger partial charge in [0.25, 0.3) is 5.91 Å². The van der Waals surface area contributed by atoms with E-state index >= 15 is 0 Å². The Labute approximate surface area is 107 Å². The van der Waals surface area contributed by atoms with Crippen LogP contribution in [0.15, 0.2) is 24.3 Å². The lowest BCUT2D eigenvalue weighted by Crippen LogP contribution is -2.36. The van der Waals surface area contributed by atoms with Crippen LogP contribution in [0.5, 0.6) is 0 Å². The van der Waals surface area contributed by atoms with Crippen LogP contribution in [0.1, 0.15) is 23.2 Å². The molecule has 1 saturated heterocycles. The van der Waals surface area contributed by atoms with Crippen LogP contribution in [0.2, 0.25) is 5.02 Å². The molecule has 0 aromatic heterocycles. The molecule has 4 heteroatoms. The Morgan fingerprint density at radius 1 is 1.35 bits per heavy atom. The average molecular weight is 253 g/mol. The quantitative estimate of drug-likeness (QED) is 0.865. The number of halogens is 1. The Kier molecular flexibility index (Phi) is 4.40. The Bertz CT molecular complexity index is 389. The van der Waals surface area contributed by atoms with E-state index in [1.54, 1.807) is 12.1 Å². The van der Waals surface area contributed by atoms with Crippen molar-refractivity contribution in [2.24, 2.45) is 5.92 Å². The fourth-order valence-electron chi connectivity index (χ4n) is 2.06. The largest absolute Gasteiger partial charge is 0.352 e. The number of benzene rings is 1. The molecule has 0 bridgehead atoms. The first-order chi connectivity index (χ1) is 8.27. The smallest absolute Gasteiger partial charge is 0.252 e. The molecule has 0 spiro atoms. The zero-order valence-electron chi connectivity index (χ0n) is 9.71. The van der Waals surface area contributed by atoms with Crippen molar-refractivity contribution in [3.05, 3.63) is 34.9 Å². The van der Waals surface area contributed by atoms with Crippen molar-refractivity contribution in [3.8, 4) is 0 Å². The summed E-state index contributed by atoms with van der Waals surface area (Å²) >= 11 is 5.97. The number of rotatable bonds is 3. The number of piperidine rings is 1. The van der Waals surface area contributed by atoms with Gasteiger partial charge < -0.3 is 10.6 Å². The van der Waals surface area contributed by atoms with Gasteiger partial charge >= 0.3 is 0 Å². The van der Waals surface area contributed by atoms with Crippen LogP contribution in [0.3, 0.4) is 0 Å². The molecule has 0 aliphatic carbocycles. The van der Waals surface area contributed by atoms with Gasteiger partial charge in [0.1, 0.15) is 0 Å². The van der Waals surface area contributed by atoms with Gasteiger partial charge in [-0.05, 0) is 44.0 Å². The molecule has 1 aromatic carbocycles. The fourth-order valence-corrected chi connectivity index (χ4v) is 2.29. The van der Waals surface area contributed by atoms with E-state index in [0.29, 0.717) is 16.5 Å². The molecule has 1 aliphatic rings. The van der Waals surface area contributed by atoms with Gasteiger partial charge in [-0.2, -0.15) is 0 Å².